The van der Waals surface area contributed by atoms with Gasteiger partial charge in [-0.3, -0.25) is 43.6 Å². The van der Waals surface area contributed by atoms with Gasteiger partial charge in [0, 0.05) is 52.4 Å². The predicted molar refractivity (Wildman–Crippen MR) is 206 cm³/mol. The largest absolute Gasteiger partial charge is 0.459 e. The molecule has 1 saturated heterocycles. The van der Waals surface area contributed by atoms with E-state index < -0.39 is 46.4 Å². The molecule has 0 spiro atoms. The molecule has 1 unspecified atom stereocenters. The van der Waals surface area contributed by atoms with E-state index in [9.17, 15) is 24.0 Å². The molecule has 1 aromatic rings. The van der Waals surface area contributed by atoms with E-state index in [4.69, 9.17) is 18.9 Å². The lowest BCUT2D eigenvalue weighted by atomic mass is 10.0. The molecule has 0 aliphatic carbocycles. The third-order valence-electron chi connectivity index (χ3n) is 7.75. The zero-order valence-corrected chi connectivity index (χ0v) is 34.9. The van der Waals surface area contributed by atoms with Crippen LogP contribution in [0.5, 0.6) is 0 Å². The van der Waals surface area contributed by atoms with E-state index in [0.717, 1.165) is 0 Å². The van der Waals surface area contributed by atoms with E-state index in [0.29, 0.717) is 57.9 Å². The highest BCUT2D eigenvalue weighted by Crippen LogP contribution is 2.22. The van der Waals surface area contributed by atoms with Gasteiger partial charge in [-0.05, 0) is 88.6 Å². The first-order valence-corrected chi connectivity index (χ1v) is 18.9. The Morgan fingerprint density at radius 3 is 1.17 bits per heavy atom. The Labute approximate surface area is 323 Å². The lowest BCUT2D eigenvalue weighted by molar-refractivity contribution is -0.158. The molecule has 0 radical (unpaired) electrons. The standard InChI is InChI=1S/C40H67N5O9/c1-37(2,3)51-31(46)26-41-36(50)35(30-16-14-13-15-17-30)45-24-22-43(28-33(48)53-39(7,8)9)20-18-42(27-32(47)52-38(4,5)6)19-21-44(23-25-45)29-34(49)54-40(10,11)12/h13-17,35H,18-29H2,1-12H3,(H,41,50). The van der Waals surface area contributed by atoms with Gasteiger partial charge < -0.3 is 24.3 Å². The fourth-order valence-corrected chi connectivity index (χ4v) is 5.75. The van der Waals surface area contributed by atoms with E-state index in [1.54, 1.807) is 20.8 Å². The molecule has 14 heteroatoms. The fraction of sp³-hybridized carbons (Fsp3) is 0.725. The van der Waals surface area contributed by atoms with Crippen molar-refractivity contribution in [2.75, 3.05) is 78.5 Å². The van der Waals surface area contributed by atoms with Gasteiger partial charge >= 0.3 is 23.9 Å². The van der Waals surface area contributed by atoms with E-state index in [1.165, 1.54) is 0 Å². The van der Waals surface area contributed by atoms with Crippen molar-refractivity contribution in [2.45, 2.75) is 112 Å². The lowest BCUT2D eigenvalue weighted by Crippen LogP contribution is -2.51. The third-order valence-corrected chi connectivity index (χ3v) is 7.75. The second-order valence-electron chi connectivity index (χ2n) is 17.7. The zero-order chi connectivity index (χ0) is 40.9. The Morgan fingerprint density at radius 2 is 0.833 bits per heavy atom. The Morgan fingerprint density at radius 1 is 0.519 bits per heavy atom. The smallest absolute Gasteiger partial charge is 0.325 e. The van der Waals surface area contributed by atoms with Crippen LogP contribution in [0.1, 0.15) is 94.7 Å². The molecule has 0 aromatic heterocycles. The highest BCUT2D eigenvalue weighted by atomic mass is 16.6. The molecule has 0 saturated carbocycles. The van der Waals surface area contributed by atoms with Crippen LogP contribution in [0.2, 0.25) is 0 Å². The normalized spacial score (nSPS) is 17.3. The molecule has 1 atom stereocenters. The van der Waals surface area contributed by atoms with Crippen LogP contribution in [-0.4, -0.2) is 150 Å². The number of carbonyl (C=O) groups excluding carboxylic acids is 5. The van der Waals surface area contributed by atoms with E-state index in [2.05, 4.69) is 5.32 Å². The van der Waals surface area contributed by atoms with Crippen LogP contribution in [0.4, 0.5) is 0 Å². The van der Waals surface area contributed by atoms with Gasteiger partial charge in [0.2, 0.25) is 5.91 Å². The predicted octanol–water partition coefficient (Wildman–Crippen LogP) is 3.43. The van der Waals surface area contributed by atoms with Crippen molar-refractivity contribution in [3.05, 3.63) is 35.9 Å². The van der Waals surface area contributed by atoms with Crippen molar-refractivity contribution in [3.63, 3.8) is 0 Å². The Balaban J connectivity index is 2.52. The summed E-state index contributed by atoms with van der Waals surface area (Å²) in [5.74, 6) is -2.10. The number of esters is 4. The average molecular weight is 762 g/mol. The molecule has 1 aliphatic heterocycles. The van der Waals surface area contributed by atoms with Gasteiger partial charge in [-0.1, -0.05) is 30.3 Å². The van der Waals surface area contributed by atoms with Gasteiger partial charge in [0.1, 0.15) is 35.0 Å². The summed E-state index contributed by atoms with van der Waals surface area (Å²) in [6.07, 6.45) is 0. The second kappa shape index (κ2) is 20.4. The van der Waals surface area contributed by atoms with Crippen molar-refractivity contribution in [3.8, 4) is 0 Å². The van der Waals surface area contributed by atoms with Crippen molar-refractivity contribution in [2.24, 2.45) is 0 Å². The van der Waals surface area contributed by atoms with E-state index >= 15 is 0 Å². The van der Waals surface area contributed by atoms with Crippen LogP contribution >= 0.6 is 0 Å². The van der Waals surface area contributed by atoms with Gasteiger partial charge in [-0.2, -0.15) is 0 Å². The number of nitrogens with zero attached hydrogens (tertiary/aromatic N) is 4. The fourth-order valence-electron chi connectivity index (χ4n) is 5.75. The lowest BCUT2D eigenvalue weighted by Gasteiger charge is -2.37. The molecule has 1 heterocycles. The number of nitrogens with one attached hydrogen (secondary N) is 1. The topological polar surface area (TPSA) is 147 Å². The average Bonchev–Trinajstić information content (AvgIpc) is 2.98. The van der Waals surface area contributed by atoms with Gasteiger partial charge in [0.15, 0.2) is 0 Å². The molecule has 1 fully saturated rings. The maximum absolute atomic E-state index is 14.1. The minimum absolute atomic E-state index is 0.00298. The molecule has 2 rings (SSSR count). The van der Waals surface area contributed by atoms with E-state index in [-0.39, 0.29) is 38.1 Å². The first-order chi connectivity index (χ1) is 24.8. The van der Waals surface area contributed by atoms with Gasteiger partial charge in [-0.15, -0.1) is 0 Å². The summed E-state index contributed by atoms with van der Waals surface area (Å²) in [5.41, 5.74) is -2.02. The van der Waals surface area contributed by atoms with Crippen LogP contribution < -0.4 is 5.32 Å². The summed E-state index contributed by atoms with van der Waals surface area (Å²) in [6.45, 7) is 24.4. The Kier molecular flexibility index (Phi) is 17.6. The van der Waals surface area contributed by atoms with Crippen LogP contribution in [0, 0.1) is 0 Å². The minimum atomic E-state index is -0.813. The summed E-state index contributed by atoms with van der Waals surface area (Å²) in [5, 5.41) is 2.78. The van der Waals surface area contributed by atoms with Gasteiger partial charge in [0.25, 0.3) is 0 Å². The van der Waals surface area contributed by atoms with Crippen molar-refractivity contribution in [1.82, 2.24) is 24.9 Å². The molecule has 0 bridgehead atoms. The van der Waals surface area contributed by atoms with Gasteiger partial charge in [-0.25, -0.2) is 0 Å². The Hall–Kier alpha value is -3.59. The molecule has 1 amide bonds. The van der Waals surface area contributed by atoms with Crippen molar-refractivity contribution < 1.29 is 42.9 Å². The summed E-state index contributed by atoms with van der Waals surface area (Å²) < 4.78 is 22.4. The van der Waals surface area contributed by atoms with Crippen LogP contribution in [0.3, 0.4) is 0 Å². The monoisotopic (exact) mass is 761 g/mol. The highest BCUT2D eigenvalue weighted by Gasteiger charge is 2.31. The summed E-state index contributed by atoms with van der Waals surface area (Å²) in [4.78, 5) is 73.9. The third kappa shape index (κ3) is 20.2. The molecule has 1 aromatic carbocycles. The number of hydrogen-bond donors (Lipinski definition) is 1. The quantitative estimate of drug-likeness (QED) is 0.260. The maximum atomic E-state index is 14.1. The number of carbonyl (C=O) groups is 5. The summed E-state index contributed by atoms with van der Waals surface area (Å²) >= 11 is 0. The molecule has 14 nitrogen and oxygen atoms in total. The molecule has 1 N–H and O–H groups in total. The molecule has 1 aliphatic rings. The molecular formula is C40H67N5O9. The van der Waals surface area contributed by atoms with Crippen molar-refractivity contribution >= 4 is 29.8 Å². The minimum Gasteiger partial charge on any atom is -0.459 e. The summed E-state index contributed by atoms with van der Waals surface area (Å²) in [7, 11) is 0. The van der Waals surface area contributed by atoms with Crippen LogP contribution in [0.25, 0.3) is 0 Å². The van der Waals surface area contributed by atoms with Crippen LogP contribution in [-0.2, 0) is 42.9 Å². The maximum Gasteiger partial charge on any atom is 0.325 e. The zero-order valence-electron chi connectivity index (χ0n) is 34.9. The number of ether oxygens (including phenoxy) is 4. The highest BCUT2D eigenvalue weighted by molar-refractivity contribution is 5.86. The Bertz CT molecular complexity index is 1330. The summed E-state index contributed by atoms with van der Waals surface area (Å²) in [6, 6.07) is 8.47. The van der Waals surface area contributed by atoms with Crippen molar-refractivity contribution in [1.29, 1.82) is 0 Å². The molecule has 306 valence electrons. The van der Waals surface area contributed by atoms with Crippen LogP contribution in [0.15, 0.2) is 30.3 Å². The molecule has 54 heavy (non-hydrogen) atoms. The molecular weight excluding hydrogens is 694 g/mol. The number of benzene rings is 1. The number of hydrogen-bond acceptors (Lipinski definition) is 13. The number of rotatable bonds is 11. The first kappa shape index (κ1) is 46.6. The first-order valence-electron chi connectivity index (χ1n) is 18.9. The second-order valence-corrected chi connectivity index (χ2v) is 17.7. The van der Waals surface area contributed by atoms with Gasteiger partial charge in [0.05, 0.1) is 19.6 Å². The van der Waals surface area contributed by atoms with E-state index in [1.807, 2.05) is 112 Å². The SMILES string of the molecule is CC(C)(C)OC(=O)CNC(=O)C(c1ccccc1)N1CCN(CC(=O)OC(C)(C)C)CCN(CC(=O)OC(C)(C)C)CCN(CC(=O)OC(C)(C)C)CC1. The number of amides is 1.